The van der Waals surface area contributed by atoms with E-state index in [4.69, 9.17) is 4.43 Å². The fourth-order valence-electron chi connectivity index (χ4n) is 1.70. The zero-order valence-electron chi connectivity index (χ0n) is 13.4. The summed E-state index contributed by atoms with van der Waals surface area (Å²) in [4.78, 5) is 0. The highest BCUT2D eigenvalue weighted by molar-refractivity contribution is 6.74. The van der Waals surface area contributed by atoms with E-state index < -0.39 is 8.32 Å². The van der Waals surface area contributed by atoms with Crippen molar-refractivity contribution in [1.29, 1.82) is 0 Å². The van der Waals surface area contributed by atoms with Crippen molar-refractivity contribution in [3.05, 3.63) is 29.8 Å². The Labute approximate surface area is 118 Å². The summed E-state index contributed by atoms with van der Waals surface area (Å²) in [7, 11) is -1.75. The first-order chi connectivity index (χ1) is 8.47. The van der Waals surface area contributed by atoms with Crippen LogP contribution in [0.15, 0.2) is 24.3 Å². The summed E-state index contributed by atoms with van der Waals surface area (Å²) >= 11 is 0. The van der Waals surface area contributed by atoms with Gasteiger partial charge in [0.1, 0.15) is 5.75 Å². The molecule has 19 heavy (non-hydrogen) atoms. The Bertz CT molecular complexity index is 431. The molecule has 0 aliphatic carbocycles. The molecular weight excluding hydrogens is 252 g/mol. The maximum Gasteiger partial charge on any atom is 0.192 e. The summed E-state index contributed by atoms with van der Waals surface area (Å²) in [5, 5.41) is 10.2. The minimum Gasteiger partial charge on any atom is -0.508 e. The first kappa shape index (κ1) is 16.3. The van der Waals surface area contributed by atoms with Crippen LogP contribution >= 0.6 is 0 Å². The molecule has 0 fully saturated rings. The molecule has 3 heteroatoms. The summed E-state index contributed by atoms with van der Waals surface area (Å²) in [6, 6.07) is 7.53. The number of hydrogen-bond acceptors (Lipinski definition) is 2. The van der Waals surface area contributed by atoms with Gasteiger partial charge in [-0.15, -0.1) is 0 Å². The van der Waals surface area contributed by atoms with Crippen molar-refractivity contribution < 1.29 is 9.53 Å². The van der Waals surface area contributed by atoms with Gasteiger partial charge in [-0.2, -0.15) is 0 Å². The molecular formula is C16H28O2Si. The lowest BCUT2D eigenvalue weighted by Crippen LogP contribution is -2.43. The first-order valence-electron chi connectivity index (χ1n) is 6.90. The van der Waals surface area contributed by atoms with Crippen LogP contribution in [0.5, 0.6) is 5.75 Å². The van der Waals surface area contributed by atoms with Crippen molar-refractivity contribution in [2.75, 3.05) is 6.61 Å². The molecule has 0 saturated heterocycles. The van der Waals surface area contributed by atoms with Crippen LogP contribution in [0.25, 0.3) is 0 Å². The van der Waals surface area contributed by atoms with Gasteiger partial charge in [0.15, 0.2) is 8.32 Å². The smallest absolute Gasteiger partial charge is 0.192 e. The molecule has 0 radical (unpaired) electrons. The van der Waals surface area contributed by atoms with Gasteiger partial charge in [-0.3, -0.25) is 0 Å². The predicted molar refractivity (Wildman–Crippen MR) is 84.3 cm³/mol. The fourth-order valence-corrected chi connectivity index (χ4v) is 2.86. The molecule has 0 unspecified atom stereocenters. The standard InChI is InChI=1S/C16H28O2Si/c1-15(2,3)19(6,7)18-12-16(4,5)13-10-8-9-11-14(13)17/h8-11,17H,12H2,1-7H3. The van der Waals surface area contributed by atoms with Crippen molar-refractivity contribution in [1.82, 2.24) is 0 Å². The third kappa shape index (κ3) is 3.83. The van der Waals surface area contributed by atoms with Crippen LogP contribution in [-0.2, 0) is 9.84 Å². The molecule has 0 spiro atoms. The lowest BCUT2D eigenvalue weighted by atomic mass is 9.85. The number of aromatic hydroxyl groups is 1. The van der Waals surface area contributed by atoms with E-state index in [1.165, 1.54) is 0 Å². The van der Waals surface area contributed by atoms with Crippen molar-refractivity contribution in [2.24, 2.45) is 0 Å². The minimum atomic E-state index is -1.75. The van der Waals surface area contributed by atoms with Crippen molar-refractivity contribution in [3.8, 4) is 5.75 Å². The Morgan fingerprint density at radius 2 is 1.58 bits per heavy atom. The Hall–Kier alpha value is -0.803. The molecule has 0 saturated carbocycles. The molecule has 108 valence electrons. The molecule has 1 rings (SSSR count). The van der Waals surface area contributed by atoms with Gasteiger partial charge in [-0.25, -0.2) is 0 Å². The number of hydrogen-bond donors (Lipinski definition) is 1. The molecule has 0 atom stereocenters. The van der Waals surface area contributed by atoms with Gasteiger partial charge < -0.3 is 9.53 Å². The van der Waals surface area contributed by atoms with Crippen LogP contribution in [-0.4, -0.2) is 20.0 Å². The van der Waals surface area contributed by atoms with E-state index in [0.29, 0.717) is 12.4 Å². The molecule has 0 aliphatic rings. The highest BCUT2D eigenvalue weighted by Crippen LogP contribution is 2.39. The Morgan fingerprint density at radius 3 is 2.05 bits per heavy atom. The molecule has 0 aromatic heterocycles. The number of para-hydroxylation sites is 1. The summed E-state index contributed by atoms with van der Waals surface area (Å²) in [6.07, 6.45) is 0. The first-order valence-corrected chi connectivity index (χ1v) is 9.81. The summed E-state index contributed by atoms with van der Waals surface area (Å²) in [5.41, 5.74) is 0.773. The SMILES string of the molecule is CC(C)(CO[Si](C)(C)C(C)(C)C)c1ccccc1O. The van der Waals surface area contributed by atoms with E-state index in [9.17, 15) is 5.11 Å². The van der Waals surface area contributed by atoms with E-state index in [-0.39, 0.29) is 10.5 Å². The third-order valence-corrected chi connectivity index (χ3v) is 8.71. The highest BCUT2D eigenvalue weighted by Gasteiger charge is 2.39. The zero-order chi connectivity index (χ0) is 14.9. The fraction of sp³-hybridized carbons (Fsp3) is 0.625. The second-order valence-electron chi connectivity index (χ2n) is 7.45. The maximum atomic E-state index is 9.99. The average molecular weight is 280 g/mol. The van der Waals surface area contributed by atoms with E-state index in [2.05, 4.69) is 47.7 Å². The predicted octanol–water partition coefficient (Wildman–Crippen LogP) is 4.69. The van der Waals surface area contributed by atoms with Gasteiger partial charge in [0.25, 0.3) is 0 Å². The normalized spacial score (nSPS) is 13.6. The van der Waals surface area contributed by atoms with E-state index in [0.717, 1.165) is 5.56 Å². The van der Waals surface area contributed by atoms with Crippen LogP contribution in [0.2, 0.25) is 18.1 Å². The lowest BCUT2D eigenvalue weighted by Gasteiger charge is -2.39. The van der Waals surface area contributed by atoms with E-state index in [1.54, 1.807) is 6.07 Å². The van der Waals surface area contributed by atoms with Crippen molar-refractivity contribution >= 4 is 8.32 Å². The Balaban J connectivity index is 2.85. The van der Waals surface area contributed by atoms with Crippen LogP contribution in [0.4, 0.5) is 0 Å². The molecule has 0 aliphatic heterocycles. The van der Waals surface area contributed by atoms with Gasteiger partial charge in [0.2, 0.25) is 0 Å². The van der Waals surface area contributed by atoms with Crippen LogP contribution in [0, 0.1) is 0 Å². The van der Waals surface area contributed by atoms with Crippen molar-refractivity contribution in [2.45, 2.75) is 58.2 Å². The average Bonchev–Trinajstić information content (AvgIpc) is 2.25. The number of benzene rings is 1. The van der Waals surface area contributed by atoms with Gasteiger partial charge in [-0.1, -0.05) is 52.8 Å². The minimum absolute atomic E-state index is 0.180. The molecule has 1 aromatic carbocycles. The lowest BCUT2D eigenvalue weighted by molar-refractivity contribution is 0.217. The molecule has 0 amide bonds. The van der Waals surface area contributed by atoms with Crippen molar-refractivity contribution in [3.63, 3.8) is 0 Å². The van der Waals surface area contributed by atoms with Crippen LogP contribution < -0.4 is 0 Å². The summed E-state index contributed by atoms with van der Waals surface area (Å²) < 4.78 is 6.30. The van der Waals surface area contributed by atoms with E-state index >= 15 is 0 Å². The van der Waals surface area contributed by atoms with Gasteiger partial charge in [0.05, 0.1) is 0 Å². The molecule has 1 aromatic rings. The van der Waals surface area contributed by atoms with Crippen LogP contribution in [0.3, 0.4) is 0 Å². The molecule has 0 bridgehead atoms. The van der Waals surface area contributed by atoms with E-state index in [1.807, 2.05) is 18.2 Å². The second-order valence-corrected chi connectivity index (χ2v) is 12.3. The molecule has 0 heterocycles. The highest BCUT2D eigenvalue weighted by atomic mass is 28.4. The Morgan fingerprint density at radius 1 is 1.05 bits per heavy atom. The summed E-state index contributed by atoms with van der Waals surface area (Å²) in [6.45, 7) is 16.1. The summed E-state index contributed by atoms with van der Waals surface area (Å²) in [5.74, 6) is 0.353. The number of phenols is 1. The van der Waals surface area contributed by atoms with Gasteiger partial charge in [0, 0.05) is 17.6 Å². The molecule has 2 nitrogen and oxygen atoms in total. The number of rotatable bonds is 4. The monoisotopic (exact) mass is 280 g/mol. The zero-order valence-corrected chi connectivity index (χ0v) is 14.4. The second kappa shape index (κ2) is 5.29. The quantitative estimate of drug-likeness (QED) is 0.811. The van der Waals surface area contributed by atoms with Crippen LogP contribution in [0.1, 0.15) is 40.2 Å². The number of phenolic OH excluding ortho intramolecular Hbond substituents is 1. The topological polar surface area (TPSA) is 29.5 Å². The maximum absolute atomic E-state index is 9.99. The van der Waals surface area contributed by atoms with Gasteiger partial charge in [-0.05, 0) is 24.2 Å². The van der Waals surface area contributed by atoms with Gasteiger partial charge >= 0.3 is 0 Å². The Kier molecular flexibility index (Phi) is 4.53. The third-order valence-electron chi connectivity index (χ3n) is 4.23. The molecule has 1 N–H and O–H groups in total. The largest absolute Gasteiger partial charge is 0.508 e.